The molecule has 0 unspecified atom stereocenters. The van der Waals surface area contributed by atoms with Gasteiger partial charge >= 0.3 is 0 Å². The minimum absolute atomic E-state index is 0.866. The summed E-state index contributed by atoms with van der Waals surface area (Å²) >= 11 is 1.76. The molecule has 2 heterocycles. The molecular weight excluding hydrogens is 352 g/mol. The third-order valence-corrected chi connectivity index (χ3v) is 6.17. The standard InChI is InChI=1S/C24H22O2S/c1-17-23(21(15-25-17)13-19-9-5-3-6-10-19)27-24-18(2)26-16-22(24)14-20-11-7-4-8-12-20/h3-12,15-16H,13-14H2,1-2H3. The number of aryl methyl sites for hydroxylation is 2. The maximum Gasteiger partial charge on any atom is 0.114 e. The molecule has 0 saturated carbocycles. The summed E-state index contributed by atoms with van der Waals surface area (Å²) in [5, 5.41) is 0. The quantitative estimate of drug-likeness (QED) is 0.370. The van der Waals surface area contributed by atoms with Gasteiger partial charge in [0, 0.05) is 24.0 Å². The molecule has 2 aromatic heterocycles. The molecule has 2 nitrogen and oxygen atoms in total. The highest BCUT2D eigenvalue weighted by Crippen LogP contribution is 2.40. The number of furan rings is 2. The third-order valence-electron chi connectivity index (χ3n) is 4.66. The summed E-state index contributed by atoms with van der Waals surface area (Å²) in [5.41, 5.74) is 5.01. The Bertz CT molecular complexity index is 929. The first-order chi connectivity index (χ1) is 13.2. The molecular formula is C24H22O2S. The Balaban J connectivity index is 1.62. The zero-order valence-electron chi connectivity index (χ0n) is 15.6. The van der Waals surface area contributed by atoms with Gasteiger partial charge in [-0.05, 0) is 25.0 Å². The molecule has 4 aromatic rings. The van der Waals surface area contributed by atoms with Crippen molar-refractivity contribution < 1.29 is 8.83 Å². The lowest BCUT2D eigenvalue weighted by Crippen LogP contribution is -1.91. The van der Waals surface area contributed by atoms with Gasteiger partial charge in [-0.15, -0.1) is 0 Å². The second-order valence-electron chi connectivity index (χ2n) is 6.72. The molecule has 136 valence electrons. The molecule has 3 heteroatoms. The van der Waals surface area contributed by atoms with Crippen molar-refractivity contribution in [2.45, 2.75) is 36.5 Å². The van der Waals surface area contributed by atoms with E-state index in [-0.39, 0.29) is 0 Å². The van der Waals surface area contributed by atoms with E-state index in [2.05, 4.69) is 48.5 Å². The van der Waals surface area contributed by atoms with E-state index in [9.17, 15) is 0 Å². The normalized spacial score (nSPS) is 11.0. The monoisotopic (exact) mass is 374 g/mol. The molecule has 0 amide bonds. The second-order valence-corrected chi connectivity index (χ2v) is 7.74. The maximum absolute atomic E-state index is 5.76. The van der Waals surface area contributed by atoms with Crippen LogP contribution in [-0.4, -0.2) is 0 Å². The minimum atomic E-state index is 0.866. The Morgan fingerprint density at radius 2 is 1.04 bits per heavy atom. The van der Waals surface area contributed by atoms with Crippen molar-refractivity contribution in [2.75, 3.05) is 0 Å². The van der Waals surface area contributed by atoms with Gasteiger partial charge in [0.1, 0.15) is 11.5 Å². The molecule has 0 spiro atoms. The largest absolute Gasteiger partial charge is 0.468 e. The van der Waals surface area contributed by atoms with Crippen LogP contribution in [0, 0.1) is 13.8 Å². The number of hydrogen-bond donors (Lipinski definition) is 0. The first kappa shape index (κ1) is 17.7. The van der Waals surface area contributed by atoms with Crippen molar-refractivity contribution in [1.82, 2.24) is 0 Å². The predicted octanol–water partition coefficient (Wildman–Crippen LogP) is 6.82. The highest BCUT2D eigenvalue weighted by molar-refractivity contribution is 7.99. The number of rotatable bonds is 6. The molecule has 0 radical (unpaired) electrons. The van der Waals surface area contributed by atoms with Crippen LogP contribution in [0.3, 0.4) is 0 Å². The molecule has 0 N–H and O–H groups in total. The molecule has 0 aliphatic rings. The molecule has 0 atom stereocenters. The molecule has 4 rings (SSSR count). The van der Waals surface area contributed by atoms with Gasteiger partial charge in [-0.3, -0.25) is 0 Å². The Morgan fingerprint density at radius 3 is 1.44 bits per heavy atom. The van der Waals surface area contributed by atoms with Crippen molar-refractivity contribution in [1.29, 1.82) is 0 Å². The highest BCUT2D eigenvalue weighted by atomic mass is 32.2. The van der Waals surface area contributed by atoms with E-state index in [1.54, 1.807) is 11.8 Å². The summed E-state index contributed by atoms with van der Waals surface area (Å²) in [6.45, 7) is 4.06. The fraction of sp³-hybridized carbons (Fsp3) is 0.167. The Labute approximate surface area is 164 Å². The first-order valence-electron chi connectivity index (χ1n) is 9.10. The van der Waals surface area contributed by atoms with Crippen LogP contribution in [0.15, 0.2) is 91.8 Å². The smallest absolute Gasteiger partial charge is 0.114 e. The van der Waals surface area contributed by atoms with Crippen LogP contribution >= 0.6 is 11.8 Å². The average Bonchev–Trinajstić information content (AvgIpc) is 3.21. The predicted molar refractivity (Wildman–Crippen MR) is 110 cm³/mol. The summed E-state index contributed by atoms with van der Waals surface area (Å²) in [4.78, 5) is 2.38. The topological polar surface area (TPSA) is 26.3 Å². The number of benzene rings is 2. The lowest BCUT2D eigenvalue weighted by molar-refractivity contribution is 0.524. The fourth-order valence-corrected chi connectivity index (χ4v) is 4.33. The Kier molecular flexibility index (Phi) is 5.21. The summed E-state index contributed by atoms with van der Waals surface area (Å²) in [6.07, 6.45) is 5.50. The minimum Gasteiger partial charge on any atom is -0.468 e. The van der Waals surface area contributed by atoms with Gasteiger partial charge in [-0.2, -0.15) is 0 Å². The van der Waals surface area contributed by atoms with Gasteiger partial charge in [0.15, 0.2) is 0 Å². The van der Waals surface area contributed by atoms with Crippen LogP contribution in [-0.2, 0) is 12.8 Å². The summed E-state index contributed by atoms with van der Waals surface area (Å²) in [6, 6.07) is 21.0. The lowest BCUT2D eigenvalue weighted by Gasteiger charge is -2.07. The molecule has 0 aliphatic heterocycles. The van der Waals surface area contributed by atoms with E-state index in [0.717, 1.165) is 24.4 Å². The van der Waals surface area contributed by atoms with Crippen LogP contribution in [0.2, 0.25) is 0 Å². The van der Waals surface area contributed by atoms with Crippen LogP contribution in [0.5, 0.6) is 0 Å². The Morgan fingerprint density at radius 1 is 0.630 bits per heavy atom. The van der Waals surface area contributed by atoms with Gasteiger partial charge in [0.25, 0.3) is 0 Å². The van der Waals surface area contributed by atoms with Crippen molar-refractivity contribution in [3.63, 3.8) is 0 Å². The second kappa shape index (κ2) is 7.93. The van der Waals surface area contributed by atoms with Crippen molar-refractivity contribution in [2.24, 2.45) is 0 Å². The van der Waals surface area contributed by atoms with Crippen molar-refractivity contribution in [3.8, 4) is 0 Å². The van der Waals surface area contributed by atoms with Crippen LogP contribution in [0.4, 0.5) is 0 Å². The van der Waals surface area contributed by atoms with Crippen LogP contribution in [0.25, 0.3) is 0 Å². The first-order valence-corrected chi connectivity index (χ1v) is 9.92. The summed E-state index contributed by atoms with van der Waals surface area (Å²) in [5.74, 6) is 1.91. The summed E-state index contributed by atoms with van der Waals surface area (Å²) in [7, 11) is 0. The SMILES string of the molecule is Cc1occ(Cc2ccccc2)c1Sc1c(Cc2ccccc2)coc1C. The maximum atomic E-state index is 5.76. The van der Waals surface area contributed by atoms with Gasteiger partial charge in [-0.1, -0.05) is 72.4 Å². The van der Waals surface area contributed by atoms with E-state index in [1.807, 2.05) is 38.5 Å². The lowest BCUT2D eigenvalue weighted by atomic mass is 10.1. The molecule has 27 heavy (non-hydrogen) atoms. The van der Waals surface area contributed by atoms with E-state index < -0.39 is 0 Å². The fourth-order valence-electron chi connectivity index (χ4n) is 3.24. The van der Waals surface area contributed by atoms with Gasteiger partial charge in [-0.25, -0.2) is 0 Å². The Hall–Kier alpha value is -2.65. The van der Waals surface area contributed by atoms with Crippen molar-refractivity contribution in [3.05, 3.63) is 107 Å². The zero-order chi connectivity index (χ0) is 18.6. The van der Waals surface area contributed by atoms with Crippen molar-refractivity contribution >= 4 is 11.8 Å². The van der Waals surface area contributed by atoms with Gasteiger partial charge < -0.3 is 8.83 Å². The van der Waals surface area contributed by atoms with Crippen LogP contribution < -0.4 is 0 Å². The van der Waals surface area contributed by atoms with Gasteiger partial charge in [0.2, 0.25) is 0 Å². The molecule has 2 aromatic carbocycles. The highest BCUT2D eigenvalue weighted by Gasteiger charge is 2.18. The van der Waals surface area contributed by atoms with E-state index in [4.69, 9.17) is 8.83 Å². The number of hydrogen-bond acceptors (Lipinski definition) is 3. The third kappa shape index (κ3) is 4.04. The molecule has 0 aliphatic carbocycles. The molecule has 0 fully saturated rings. The van der Waals surface area contributed by atoms with Gasteiger partial charge in [0.05, 0.1) is 22.3 Å². The van der Waals surface area contributed by atoms with Crippen LogP contribution in [0.1, 0.15) is 33.8 Å². The van der Waals surface area contributed by atoms with E-state index in [1.165, 1.54) is 32.0 Å². The van der Waals surface area contributed by atoms with E-state index >= 15 is 0 Å². The molecule has 0 saturated heterocycles. The average molecular weight is 375 g/mol. The summed E-state index contributed by atoms with van der Waals surface area (Å²) < 4.78 is 11.5. The van der Waals surface area contributed by atoms with E-state index in [0.29, 0.717) is 0 Å². The zero-order valence-corrected chi connectivity index (χ0v) is 16.4. The molecule has 0 bridgehead atoms.